The van der Waals surface area contributed by atoms with Crippen LogP contribution in [0.5, 0.6) is 0 Å². The van der Waals surface area contributed by atoms with Gasteiger partial charge in [-0.3, -0.25) is 24.5 Å². The Bertz CT molecular complexity index is 676. The van der Waals surface area contributed by atoms with Gasteiger partial charge in [-0.05, 0) is 11.5 Å². The van der Waals surface area contributed by atoms with E-state index < -0.39 is 35.2 Å². The number of hydrogen-bond acceptors (Lipinski definition) is 6. The predicted octanol–water partition coefficient (Wildman–Crippen LogP) is 1.35. The van der Waals surface area contributed by atoms with Crippen molar-refractivity contribution in [3.05, 3.63) is 46.0 Å². The Morgan fingerprint density at radius 2 is 2.00 bits per heavy atom. The van der Waals surface area contributed by atoms with Crippen molar-refractivity contribution in [1.82, 2.24) is 5.32 Å². The van der Waals surface area contributed by atoms with Crippen molar-refractivity contribution in [2.24, 2.45) is 17.8 Å². The minimum Gasteiger partial charge on any atom is -0.456 e. The standard InChI is InChI=1S/C18H22N2O6/c1-12-7-16(21)14(15(12)10-20(24)25)8-18(23)26-11-17(22)19-9-13-5-3-2-4-6-13/h2-6,12,14-15H,7-11H2,1H3,(H,19,22)/t12-,14-,15+/m0/s1. The number of ether oxygens (including phenoxy) is 1. The van der Waals surface area contributed by atoms with Gasteiger partial charge in [0.1, 0.15) is 5.78 Å². The lowest BCUT2D eigenvalue weighted by atomic mass is 9.88. The quantitative estimate of drug-likeness (QED) is 0.424. The fourth-order valence-electron chi connectivity index (χ4n) is 3.23. The zero-order valence-electron chi connectivity index (χ0n) is 14.6. The van der Waals surface area contributed by atoms with Crippen molar-refractivity contribution >= 4 is 17.7 Å². The number of esters is 1. The first-order valence-electron chi connectivity index (χ1n) is 8.47. The largest absolute Gasteiger partial charge is 0.456 e. The van der Waals surface area contributed by atoms with E-state index in [1.807, 2.05) is 30.3 Å². The first kappa shape index (κ1) is 19.6. The van der Waals surface area contributed by atoms with Crippen molar-refractivity contribution in [2.75, 3.05) is 13.2 Å². The lowest BCUT2D eigenvalue weighted by Crippen LogP contribution is -2.30. The molecule has 0 heterocycles. The number of hydrogen-bond donors (Lipinski definition) is 1. The number of carbonyl (C=O) groups is 3. The van der Waals surface area contributed by atoms with Gasteiger partial charge in [-0.15, -0.1) is 0 Å². The van der Waals surface area contributed by atoms with Gasteiger partial charge in [0.15, 0.2) is 6.61 Å². The van der Waals surface area contributed by atoms with Crippen LogP contribution in [-0.2, 0) is 25.7 Å². The van der Waals surface area contributed by atoms with E-state index >= 15 is 0 Å². The van der Waals surface area contributed by atoms with E-state index in [9.17, 15) is 24.5 Å². The van der Waals surface area contributed by atoms with Crippen LogP contribution in [0.3, 0.4) is 0 Å². The molecule has 0 radical (unpaired) electrons. The number of rotatable bonds is 8. The fraction of sp³-hybridized carbons (Fsp3) is 0.500. The molecule has 0 spiro atoms. The van der Waals surface area contributed by atoms with Crippen LogP contribution < -0.4 is 5.32 Å². The Kier molecular flexibility index (Phi) is 6.82. The summed E-state index contributed by atoms with van der Waals surface area (Å²) in [5.74, 6) is -2.63. The van der Waals surface area contributed by atoms with Crippen LogP contribution in [-0.4, -0.2) is 35.7 Å². The average molecular weight is 362 g/mol. The van der Waals surface area contributed by atoms with Crippen LogP contribution in [0.1, 0.15) is 25.3 Å². The van der Waals surface area contributed by atoms with Crippen molar-refractivity contribution in [1.29, 1.82) is 0 Å². The topological polar surface area (TPSA) is 116 Å². The summed E-state index contributed by atoms with van der Waals surface area (Å²) in [5, 5.41) is 13.4. The summed E-state index contributed by atoms with van der Waals surface area (Å²) in [6, 6.07) is 9.28. The number of carbonyl (C=O) groups excluding carboxylic acids is 3. The van der Waals surface area contributed by atoms with E-state index in [2.05, 4.69) is 5.32 Å². The summed E-state index contributed by atoms with van der Waals surface area (Å²) in [6.07, 6.45) is 0.00165. The molecule has 1 amide bonds. The molecule has 0 unspecified atom stereocenters. The summed E-state index contributed by atoms with van der Waals surface area (Å²) < 4.78 is 4.92. The predicted molar refractivity (Wildman–Crippen MR) is 91.5 cm³/mol. The Balaban J connectivity index is 1.77. The molecular formula is C18H22N2O6. The molecule has 0 aliphatic heterocycles. The maximum atomic E-state index is 12.0. The van der Waals surface area contributed by atoms with Crippen molar-refractivity contribution in [3.8, 4) is 0 Å². The highest BCUT2D eigenvalue weighted by Crippen LogP contribution is 2.36. The molecule has 8 heteroatoms. The maximum absolute atomic E-state index is 12.0. The van der Waals surface area contributed by atoms with Crippen molar-refractivity contribution < 1.29 is 24.0 Å². The number of nitrogens with zero attached hydrogens (tertiary/aromatic N) is 1. The molecule has 26 heavy (non-hydrogen) atoms. The number of nitro groups is 1. The minimum absolute atomic E-state index is 0.139. The Hall–Kier alpha value is -2.77. The second-order valence-electron chi connectivity index (χ2n) is 6.56. The monoisotopic (exact) mass is 362 g/mol. The zero-order chi connectivity index (χ0) is 19.1. The molecule has 1 aliphatic rings. The molecule has 0 saturated heterocycles. The van der Waals surface area contributed by atoms with E-state index in [1.165, 1.54) is 0 Å². The zero-order valence-corrected chi connectivity index (χ0v) is 14.6. The molecule has 1 N–H and O–H groups in total. The van der Waals surface area contributed by atoms with Crippen LogP contribution >= 0.6 is 0 Å². The van der Waals surface area contributed by atoms with Gasteiger partial charge in [0.25, 0.3) is 5.91 Å². The Labute approximate surface area is 151 Å². The van der Waals surface area contributed by atoms with Crippen LogP contribution in [0.2, 0.25) is 0 Å². The maximum Gasteiger partial charge on any atom is 0.307 e. The number of nitrogens with one attached hydrogen (secondary N) is 1. The molecule has 8 nitrogen and oxygen atoms in total. The molecule has 140 valence electrons. The normalized spacial score (nSPS) is 22.0. The number of ketones is 1. The third-order valence-corrected chi connectivity index (χ3v) is 4.63. The van der Waals surface area contributed by atoms with Gasteiger partial charge in [0.05, 0.1) is 6.42 Å². The first-order valence-corrected chi connectivity index (χ1v) is 8.47. The Morgan fingerprint density at radius 3 is 2.65 bits per heavy atom. The fourth-order valence-corrected chi connectivity index (χ4v) is 3.23. The summed E-state index contributed by atoms with van der Waals surface area (Å²) in [4.78, 5) is 46.0. The third-order valence-electron chi connectivity index (χ3n) is 4.63. The van der Waals surface area contributed by atoms with Crippen LogP contribution in [0.4, 0.5) is 0 Å². The van der Waals surface area contributed by atoms with E-state index in [0.29, 0.717) is 6.54 Å². The molecule has 0 aromatic heterocycles. The van der Waals surface area contributed by atoms with Crippen LogP contribution in [0.15, 0.2) is 30.3 Å². The smallest absolute Gasteiger partial charge is 0.307 e. The van der Waals surface area contributed by atoms with E-state index in [1.54, 1.807) is 6.92 Å². The summed E-state index contributed by atoms with van der Waals surface area (Å²) in [7, 11) is 0. The lowest BCUT2D eigenvalue weighted by molar-refractivity contribution is -0.490. The molecule has 0 bridgehead atoms. The second-order valence-corrected chi connectivity index (χ2v) is 6.56. The van der Waals surface area contributed by atoms with Gasteiger partial charge >= 0.3 is 5.97 Å². The molecular weight excluding hydrogens is 340 g/mol. The Morgan fingerprint density at radius 1 is 1.31 bits per heavy atom. The third kappa shape index (κ3) is 5.65. The van der Waals surface area contributed by atoms with Gasteiger partial charge in [-0.2, -0.15) is 0 Å². The summed E-state index contributed by atoms with van der Waals surface area (Å²) in [6.45, 7) is 1.31. The van der Waals surface area contributed by atoms with Gasteiger partial charge in [-0.1, -0.05) is 37.3 Å². The van der Waals surface area contributed by atoms with Gasteiger partial charge < -0.3 is 10.1 Å². The minimum atomic E-state index is -0.713. The van der Waals surface area contributed by atoms with Crippen LogP contribution in [0.25, 0.3) is 0 Å². The number of benzene rings is 1. The van der Waals surface area contributed by atoms with Crippen LogP contribution in [0, 0.1) is 27.9 Å². The highest BCUT2D eigenvalue weighted by molar-refractivity contribution is 5.88. The molecule has 1 aromatic carbocycles. The molecule has 1 fully saturated rings. The lowest BCUT2D eigenvalue weighted by Gasteiger charge is -2.17. The number of amides is 1. The molecule has 3 atom stereocenters. The highest BCUT2D eigenvalue weighted by Gasteiger charge is 2.44. The molecule has 1 saturated carbocycles. The SMILES string of the molecule is C[C@H]1CC(=O)[C@@H](CC(=O)OCC(=O)NCc2ccccc2)[C@@H]1C[N+](=O)[O-]. The van der Waals surface area contributed by atoms with E-state index in [-0.39, 0.29) is 31.1 Å². The number of Topliss-reactive ketones (excluding diaryl/α,β-unsaturated/α-hetero) is 1. The molecule has 1 aromatic rings. The molecule has 2 rings (SSSR count). The summed E-state index contributed by atoms with van der Waals surface area (Å²) >= 11 is 0. The van der Waals surface area contributed by atoms with E-state index in [4.69, 9.17) is 4.74 Å². The molecule has 1 aliphatic carbocycles. The average Bonchev–Trinajstić information content (AvgIpc) is 2.85. The van der Waals surface area contributed by atoms with Gasteiger partial charge in [-0.25, -0.2) is 0 Å². The highest BCUT2D eigenvalue weighted by atomic mass is 16.6. The van der Waals surface area contributed by atoms with Gasteiger partial charge in [0, 0.05) is 29.7 Å². The first-order chi connectivity index (χ1) is 12.4. The van der Waals surface area contributed by atoms with Gasteiger partial charge in [0.2, 0.25) is 6.54 Å². The van der Waals surface area contributed by atoms with Crippen molar-refractivity contribution in [2.45, 2.75) is 26.3 Å². The van der Waals surface area contributed by atoms with E-state index in [0.717, 1.165) is 5.56 Å². The van der Waals surface area contributed by atoms with Crippen molar-refractivity contribution in [3.63, 3.8) is 0 Å². The summed E-state index contributed by atoms with van der Waals surface area (Å²) in [5.41, 5.74) is 0.917. The second kappa shape index (κ2) is 9.07.